The van der Waals surface area contributed by atoms with Gasteiger partial charge in [0.2, 0.25) is 5.78 Å². The fourth-order valence-electron chi connectivity index (χ4n) is 1.72. The Morgan fingerprint density at radius 2 is 1.80 bits per heavy atom. The number of hydrogen-bond donors (Lipinski definition) is 0. The summed E-state index contributed by atoms with van der Waals surface area (Å²) >= 11 is 0. The molecule has 4 nitrogen and oxygen atoms in total. The molecule has 0 fully saturated rings. The van der Waals surface area contributed by atoms with Crippen molar-refractivity contribution in [1.29, 1.82) is 0 Å². The normalized spacial score (nSPS) is 11.7. The van der Waals surface area contributed by atoms with Gasteiger partial charge in [0.1, 0.15) is 0 Å². The Morgan fingerprint density at radius 3 is 2.40 bits per heavy atom. The number of carbonyl (C=O) groups is 2. The number of Topliss-reactive ketones (excluding diaryl/α,β-unsaturated/α-hetero) is 1. The zero-order chi connectivity index (χ0) is 14.5. The van der Waals surface area contributed by atoms with Crippen molar-refractivity contribution in [3.8, 4) is 0 Å². The van der Waals surface area contributed by atoms with E-state index in [1.54, 1.807) is 37.4 Å². The molecular weight excluding hydrogens is 254 g/mol. The van der Waals surface area contributed by atoms with Crippen LogP contribution in [0.2, 0.25) is 0 Å². The van der Waals surface area contributed by atoms with Gasteiger partial charge in [-0.3, -0.25) is 9.78 Å². The van der Waals surface area contributed by atoms with Crippen molar-refractivity contribution in [2.45, 2.75) is 20.0 Å². The van der Waals surface area contributed by atoms with Crippen LogP contribution in [0, 0.1) is 6.92 Å². The molecule has 1 atom stereocenters. The van der Waals surface area contributed by atoms with Crippen LogP contribution in [0.5, 0.6) is 0 Å². The molecule has 1 heterocycles. The summed E-state index contributed by atoms with van der Waals surface area (Å²) in [6, 6.07) is 10.4. The fraction of sp³-hybridized carbons (Fsp3) is 0.188. The van der Waals surface area contributed by atoms with Gasteiger partial charge in [-0.05, 0) is 26.0 Å². The minimum atomic E-state index is -0.828. The molecule has 1 aromatic heterocycles. The number of ether oxygens (including phenoxy) is 1. The zero-order valence-corrected chi connectivity index (χ0v) is 11.4. The van der Waals surface area contributed by atoms with Crippen molar-refractivity contribution >= 4 is 11.8 Å². The van der Waals surface area contributed by atoms with Crippen LogP contribution in [0.15, 0.2) is 48.8 Å². The molecule has 0 aliphatic carbocycles. The minimum absolute atomic E-state index is 0.220. The van der Waals surface area contributed by atoms with E-state index in [0.717, 1.165) is 5.56 Å². The van der Waals surface area contributed by atoms with Gasteiger partial charge in [-0.25, -0.2) is 4.79 Å². The molecule has 0 radical (unpaired) electrons. The topological polar surface area (TPSA) is 56.3 Å². The molecule has 0 bridgehead atoms. The summed E-state index contributed by atoms with van der Waals surface area (Å²) in [4.78, 5) is 27.8. The second-order valence-electron chi connectivity index (χ2n) is 4.52. The van der Waals surface area contributed by atoms with Crippen molar-refractivity contribution in [2.75, 3.05) is 0 Å². The van der Waals surface area contributed by atoms with Crippen LogP contribution in [0.1, 0.15) is 33.2 Å². The quantitative estimate of drug-likeness (QED) is 0.632. The van der Waals surface area contributed by atoms with Crippen LogP contribution >= 0.6 is 0 Å². The third-order valence-electron chi connectivity index (χ3n) is 2.89. The molecule has 0 aliphatic heterocycles. The molecule has 1 aromatic carbocycles. The first kappa shape index (κ1) is 13.9. The lowest BCUT2D eigenvalue weighted by atomic mass is 10.1. The fourth-order valence-corrected chi connectivity index (χ4v) is 1.72. The van der Waals surface area contributed by atoms with Crippen molar-refractivity contribution in [3.05, 3.63) is 65.5 Å². The van der Waals surface area contributed by atoms with E-state index in [2.05, 4.69) is 4.98 Å². The van der Waals surface area contributed by atoms with E-state index < -0.39 is 12.1 Å². The van der Waals surface area contributed by atoms with Crippen molar-refractivity contribution < 1.29 is 14.3 Å². The van der Waals surface area contributed by atoms with Gasteiger partial charge in [0.05, 0.1) is 5.56 Å². The van der Waals surface area contributed by atoms with Gasteiger partial charge in [0.25, 0.3) is 0 Å². The summed E-state index contributed by atoms with van der Waals surface area (Å²) in [5, 5.41) is 0. The maximum Gasteiger partial charge on any atom is 0.340 e. The highest BCUT2D eigenvalue weighted by Gasteiger charge is 2.20. The zero-order valence-electron chi connectivity index (χ0n) is 11.4. The lowest BCUT2D eigenvalue weighted by Crippen LogP contribution is -2.24. The van der Waals surface area contributed by atoms with Gasteiger partial charge in [-0.15, -0.1) is 0 Å². The molecule has 4 heteroatoms. The minimum Gasteiger partial charge on any atom is -0.451 e. The lowest BCUT2D eigenvalue weighted by molar-refractivity contribution is 0.0318. The SMILES string of the molecule is Cc1ccc(C(=O)[C@@H](C)OC(=O)c2cccnc2)cc1. The van der Waals surface area contributed by atoms with Crippen molar-refractivity contribution in [2.24, 2.45) is 0 Å². The molecule has 0 amide bonds. The van der Waals surface area contributed by atoms with Crippen LogP contribution in [-0.4, -0.2) is 22.8 Å². The first-order chi connectivity index (χ1) is 9.58. The standard InChI is InChI=1S/C16H15NO3/c1-11-5-7-13(8-6-11)15(18)12(2)20-16(19)14-4-3-9-17-10-14/h3-10,12H,1-2H3/t12-/m1/s1. The molecule has 0 aliphatic rings. The van der Waals surface area contributed by atoms with Gasteiger partial charge in [-0.2, -0.15) is 0 Å². The summed E-state index contributed by atoms with van der Waals surface area (Å²) in [6.45, 7) is 3.51. The van der Waals surface area contributed by atoms with Gasteiger partial charge >= 0.3 is 5.97 Å². The number of benzene rings is 1. The molecule has 0 unspecified atom stereocenters. The number of aryl methyl sites for hydroxylation is 1. The number of aromatic nitrogens is 1. The third-order valence-corrected chi connectivity index (χ3v) is 2.89. The Balaban J connectivity index is 2.05. The molecule has 2 aromatic rings. The number of esters is 1. The summed E-state index contributed by atoms with van der Waals surface area (Å²) in [5.41, 5.74) is 1.93. The maximum absolute atomic E-state index is 12.1. The van der Waals surface area contributed by atoms with Crippen LogP contribution in [0.3, 0.4) is 0 Å². The summed E-state index contributed by atoms with van der Waals surface area (Å²) in [5.74, 6) is -0.770. The predicted octanol–water partition coefficient (Wildman–Crippen LogP) is 2.82. The predicted molar refractivity (Wildman–Crippen MR) is 74.6 cm³/mol. The van der Waals surface area contributed by atoms with Crippen molar-refractivity contribution in [3.63, 3.8) is 0 Å². The molecule has 2 rings (SSSR count). The van der Waals surface area contributed by atoms with E-state index in [-0.39, 0.29) is 5.78 Å². The summed E-state index contributed by atoms with van der Waals surface area (Å²) < 4.78 is 5.15. The summed E-state index contributed by atoms with van der Waals surface area (Å²) in [7, 11) is 0. The van der Waals surface area contributed by atoms with Crippen LogP contribution in [-0.2, 0) is 4.74 Å². The lowest BCUT2D eigenvalue weighted by Gasteiger charge is -2.12. The van der Waals surface area contributed by atoms with E-state index in [4.69, 9.17) is 4.74 Å². The van der Waals surface area contributed by atoms with Crippen LogP contribution in [0.4, 0.5) is 0 Å². The Bertz CT molecular complexity index is 605. The van der Waals surface area contributed by atoms with Gasteiger partial charge in [0, 0.05) is 18.0 Å². The van der Waals surface area contributed by atoms with E-state index >= 15 is 0 Å². The van der Waals surface area contributed by atoms with E-state index in [0.29, 0.717) is 11.1 Å². The largest absolute Gasteiger partial charge is 0.451 e. The van der Waals surface area contributed by atoms with Gasteiger partial charge < -0.3 is 4.74 Å². The van der Waals surface area contributed by atoms with E-state index in [1.807, 2.05) is 19.1 Å². The smallest absolute Gasteiger partial charge is 0.340 e. The first-order valence-corrected chi connectivity index (χ1v) is 6.30. The number of carbonyl (C=O) groups excluding carboxylic acids is 2. The number of hydrogen-bond acceptors (Lipinski definition) is 4. The molecule has 102 valence electrons. The Kier molecular flexibility index (Phi) is 4.25. The first-order valence-electron chi connectivity index (χ1n) is 6.30. The number of rotatable bonds is 4. The highest BCUT2D eigenvalue weighted by molar-refractivity contribution is 6.01. The summed E-state index contributed by atoms with van der Waals surface area (Å²) in [6.07, 6.45) is 2.15. The van der Waals surface area contributed by atoms with Crippen LogP contribution < -0.4 is 0 Å². The average Bonchev–Trinajstić information content (AvgIpc) is 2.48. The molecule has 0 saturated carbocycles. The highest BCUT2D eigenvalue weighted by atomic mass is 16.5. The Morgan fingerprint density at radius 1 is 1.10 bits per heavy atom. The molecule has 0 saturated heterocycles. The molecule has 0 N–H and O–H groups in total. The molecule has 20 heavy (non-hydrogen) atoms. The van der Waals surface area contributed by atoms with E-state index in [1.165, 1.54) is 6.20 Å². The molecule has 0 spiro atoms. The molecular formula is C16H15NO3. The Labute approximate surface area is 117 Å². The van der Waals surface area contributed by atoms with Crippen molar-refractivity contribution in [1.82, 2.24) is 4.98 Å². The Hall–Kier alpha value is -2.49. The second kappa shape index (κ2) is 6.10. The maximum atomic E-state index is 12.1. The number of nitrogens with zero attached hydrogens (tertiary/aromatic N) is 1. The highest BCUT2D eigenvalue weighted by Crippen LogP contribution is 2.10. The third kappa shape index (κ3) is 3.29. The number of ketones is 1. The van der Waals surface area contributed by atoms with Crippen LogP contribution in [0.25, 0.3) is 0 Å². The van der Waals surface area contributed by atoms with Gasteiger partial charge in [-0.1, -0.05) is 29.8 Å². The van der Waals surface area contributed by atoms with E-state index in [9.17, 15) is 9.59 Å². The van der Waals surface area contributed by atoms with Gasteiger partial charge in [0.15, 0.2) is 6.10 Å². The average molecular weight is 269 g/mol. The monoisotopic (exact) mass is 269 g/mol. The second-order valence-corrected chi connectivity index (χ2v) is 4.52. The number of pyridine rings is 1.